The molecule has 4 N–H and O–H groups in total. The average Bonchev–Trinajstić information content (AvgIpc) is 3.21. The number of carboxylic acids is 2. The summed E-state index contributed by atoms with van der Waals surface area (Å²) >= 11 is 0. The summed E-state index contributed by atoms with van der Waals surface area (Å²) in [6, 6.07) is 17.2. The highest BCUT2D eigenvalue weighted by Gasteiger charge is 2.25. The first kappa shape index (κ1) is 44.1. The third-order valence-corrected chi connectivity index (χ3v) is 10.7. The minimum absolute atomic E-state index is 0.0407. The van der Waals surface area contributed by atoms with Crippen molar-refractivity contribution in [2.75, 3.05) is 92.6 Å². The van der Waals surface area contributed by atoms with E-state index >= 15 is 0 Å². The Kier molecular flexibility index (Phi) is 15.9. The van der Waals surface area contributed by atoms with Gasteiger partial charge in [-0.25, -0.2) is 19.2 Å². The Balaban J connectivity index is 0.000000215. The van der Waals surface area contributed by atoms with E-state index in [0.29, 0.717) is 32.7 Å². The lowest BCUT2D eigenvalue weighted by atomic mass is 9.90. The predicted molar refractivity (Wildman–Crippen MR) is 223 cm³/mol. The lowest BCUT2D eigenvalue weighted by molar-refractivity contribution is 0.0682. The molecule has 4 amide bonds. The van der Waals surface area contributed by atoms with Crippen LogP contribution in [0.2, 0.25) is 0 Å². The summed E-state index contributed by atoms with van der Waals surface area (Å²) in [6.45, 7) is 18.8. The molecule has 57 heavy (non-hydrogen) atoms. The number of rotatable bonds is 8. The molecule has 0 atom stereocenters. The van der Waals surface area contributed by atoms with E-state index < -0.39 is 23.4 Å². The number of aromatic hydroxyl groups is 2. The quantitative estimate of drug-likeness (QED) is 0.172. The molecule has 2 fully saturated rings. The van der Waals surface area contributed by atoms with Crippen LogP contribution < -0.4 is 0 Å². The van der Waals surface area contributed by atoms with Crippen LogP contribution in [0.25, 0.3) is 21.5 Å². The zero-order chi connectivity index (χ0) is 41.8. The summed E-state index contributed by atoms with van der Waals surface area (Å²) in [4.78, 5) is 59.2. The topological polar surface area (TPSA) is 169 Å². The van der Waals surface area contributed by atoms with Crippen molar-refractivity contribution in [1.82, 2.24) is 29.4 Å². The molecule has 4 aromatic rings. The van der Waals surface area contributed by atoms with E-state index in [0.717, 1.165) is 78.5 Å². The molecule has 14 heteroatoms. The molecule has 2 saturated heterocycles. The van der Waals surface area contributed by atoms with Crippen LogP contribution in [0.15, 0.2) is 60.7 Å². The van der Waals surface area contributed by atoms with Crippen LogP contribution in [0.3, 0.4) is 0 Å². The fraction of sp³-hybridized carbons (Fsp3) is 0.442. The van der Waals surface area contributed by atoms with E-state index in [2.05, 4.69) is 23.9 Å². The van der Waals surface area contributed by atoms with Crippen LogP contribution in [-0.4, -0.2) is 166 Å². The van der Waals surface area contributed by atoms with Crippen LogP contribution in [0.5, 0.6) is 11.5 Å². The molecule has 4 aromatic carbocycles. The molecule has 6 rings (SSSR count). The van der Waals surface area contributed by atoms with Crippen LogP contribution in [0.1, 0.15) is 59.5 Å². The normalized spacial score (nSPS) is 14.6. The number of amides is 4. The van der Waals surface area contributed by atoms with Gasteiger partial charge >= 0.3 is 24.0 Å². The zero-order valence-corrected chi connectivity index (χ0v) is 34.1. The molecule has 0 bridgehead atoms. The summed E-state index contributed by atoms with van der Waals surface area (Å²) in [7, 11) is 4.19. The minimum Gasteiger partial charge on any atom is -0.507 e. The van der Waals surface area contributed by atoms with Gasteiger partial charge in [-0.3, -0.25) is 0 Å². The number of hydrogen-bond acceptors (Lipinski definition) is 8. The molecule has 0 aliphatic carbocycles. The van der Waals surface area contributed by atoms with Gasteiger partial charge in [-0.05, 0) is 75.5 Å². The molecule has 0 unspecified atom stereocenters. The number of carboxylic acid groups (broad SMARTS) is 2. The fourth-order valence-corrected chi connectivity index (χ4v) is 7.07. The number of phenols is 2. The second-order valence-corrected chi connectivity index (χ2v) is 14.2. The maximum Gasteiger partial charge on any atom is 0.339 e. The average molecular weight is 787 g/mol. The molecule has 0 saturated carbocycles. The highest BCUT2D eigenvalue weighted by atomic mass is 16.4. The summed E-state index contributed by atoms with van der Waals surface area (Å²) in [6.07, 6.45) is -0.0407. The second-order valence-electron chi connectivity index (χ2n) is 14.2. The summed E-state index contributed by atoms with van der Waals surface area (Å²) in [5, 5.41) is 42.8. The first-order chi connectivity index (χ1) is 27.3. The minimum atomic E-state index is -1.28. The van der Waals surface area contributed by atoms with Gasteiger partial charge in [-0.15, -0.1) is 0 Å². The van der Waals surface area contributed by atoms with Crippen LogP contribution >= 0.6 is 0 Å². The molecule has 2 aliphatic rings. The number of aromatic carboxylic acids is 2. The van der Waals surface area contributed by atoms with E-state index in [1.807, 2.05) is 47.3 Å². The Morgan fingerprint density at radius 2 is 0.860 bits per heavy atom. The number of piperazine rings is 2. The third kappa shape index (κ3) is 10.8. The van der Waals surface area contributed by atoms with Gasteiger partial charge in [0.25, 0.3) is 0 Å². The Morgan fingerprint density at radius 1 is 0.544 bits per heavy atom. The number of urea groups is 2. The van der Waals surface area contributed by atoms with E-state index in [9.17, 15) is 39.6 Å². The van der Waals surface area contributed by atoms with Crippen LogP contribution in [0.4, 0.5) is 9.59 Å². The van der Waals surface area contributed by atoms with Gasteiger partial charge in [-0.1, -0.05) is 48.5 Å². The van der Waals surface area contributed by atoms with Crippen molar-refractivity contribution in [3.63, 3.8) is 0 Å². The Hall–Kier alpha value is -5.60. The van der Waals surface area contributed by atoms with Crippen molar-refractivity contribution in [3.05, 3.63) is 82.9 Å². The summed E-state index contributed by atoms with van der Waals surface area (Å²) < 4.78 is 0. The monoisotopic (exact) mass is 786 g/mol. The molecule has 2 aliphatic heterocycles. The molecular weight excluding hydrogens is 729 g/mol. The third-order valence-electron chi connectivity index (χ3n) is 10.7. The van der Waals surface area contributed by atoms with Crippen molar-refractivity contribution in [1.29, 1.82) is 0 Å². The SMILES string of the molecule is CCN(CC)C(=O)N1CCN(C)CC1.CCN(CC)C(=O)N1CCN(C)CC1.O=C(O)c1cc2ccccc2c(Cc2c(O)c(C(=O)O)cc3ccccc23)c1O. The molecule has 0 spiro atoms. The van der Waals surface area contributed by atoms with Gasteiger partial charge < -0.3 is 49.8 Å². The van der Waals surface area contributed by atoms with Crippen molar-refractivity contribution in [3.8, 4) is 11.5 Å². The van der Waals surface area contributed by atoms with Crippen LogP contribution in [0, 0.1) is 0 Å². The van der Waals surface area contributed by atoms with Gasteiger partial charge in [0.05, 0.1) is 0 Å². The molecule has 14 nitrogen and oxygen atoms in total. The second kappa shape index (κ2) is 20.5. The van der Waals surface area contributed by atoms with Gasteiger partial charge in [-0.2, -0.15) is 0 Å². The van der Waals surface area contributed by atoms with E-state index in [4.69, 9.17) is 0 Å². The maximum atomic E-state index is 11.9. The highest BCUT2D eigenvalue weighted by molar-refractivity contribution is 6.02. The smallest absolute Gasteiger partial charge is 0.339 e. The van der Waals surface area contributed by atoms with Crippen molar-refractivity contribution in [2.45, 2.75) is 34.1 Å². The number of benzene rings is 4. The standard InChI is InChI=1S/C23H16O6.2C10H21N3O/c24-20-16(14-7-3-1-5-12(14)9-18(20)22(26)27)11-17-15-8-4-2-6-13(15)10-19(21(17)25)23(28)29;2*1-4-12(5-2)10(14)13-8-6-11(3)7-9-13/h1-10,24-25H,11H2,(H,26,27)(H,28,29);2*4-9H2,1-3H3. The predicted octanol–water partition coefficient (Wildman–Crippen LogP) is 5.78. The molecule has 0 aromatic heterocycles. The number of nitrogens with zero attached hydrogens (tertiary/aromatic N) is 6. The molecular formula is C43H58N6O8. The molecule has 308 valence electrons. The first-order valence-electron chi connectivity index (χ1n) is 19.6. The number of carbonyl (C=O) groups is 4. The number of likely N-dealkylation sites (N-methyl/N-ethyl adjacent to an activating group) is 2. The Bertz CT molecular complexity index is 1870. The summed E-state index contributed by atoms with van der Waals surface area (Å²) in [5.74, 6) is -3.36. The molecule has 2 heterocycles. The number of fused-ring (bicyclic) bond motifs is 2. The van der Waals surface area contributed by atoms with E-state index in [1.54, 1.807) is 48.5 Å². The van der Waals surface area contributed by atoms with Crippen molar-refractivity contribution in [2.24, 2.45) is 0 Å². The van der Waals surface area contributed by atoms with Gasteiger partial charge in [0.2, 0.25) is 0 Å². The molecule has 0 radical (unpaired) electrons. The highest BCUT2D eigenvalue weighted by Crippen LogP contribution is 2.38. The van der Waals surface area contributed by atoms with Crippen molar-refractivity contribution < 1.29 is 39.6 Å². The number of hydrogen-bond donors (Lipinski definition) is 4. The largest absolute Gasteiger partial charge is 0.507 e. The van der Waals surface area contributed by atoms with Gasteiger partial charge in [0, 0.05) is 96.1 Å². The Morgan fingerprint density at radius 3 is 1.16 bits per heavy atom. The van der Waals surface area contributed by atoms with Gasteiger partial charge in [0.15, 0.2) is 0 Å². The maximum absolute atomic E-state index is 11.9. The van der Waals surface area contributed by atoms with E-state index in [1.165, 1.54) is 12.1 Å². The Labute approximate surface area is 335 Å². The van der Waals surface area contributed by atoms with Crippen molar-refractivity contribution >= 4 is 45.5 Å². The zero-order valence-electron chi connectivity index (χ0n) is 34.1. The van der Waals surface area contributed by atoms with Gasteiger partial charge in [0.1, 0.15) is 22.6 Å². The van der Waals surface area contributed by atoms with Crippen LogP contribution in [-0.2, 0) is 6.42 Å². The van der Waals surface area contributed by atoms with E-state index in [-0.39, 0.29) is 29.6 Å². The summed E-state index contributed by atoms with van der Waals surface area (Å²) in [5.41, 5.74) is 0.112. The lowest BCUT2D eigenvalue weighted by Crippen LogP contribution is -2.51. The lowest BCUT2D eigenvalue weighted by Gasteiger charge is -2.35. The first-order valence-corrected chi connectivity index (χ1v) is 19.6. The fourth-order valence-electron chi connectivity index (χ4n) is 7.07. The number of carbonyl (C=O) groups excluding carboxylic acids is 2.